The normalized spacial score (nSPS) is 11.9. The minimum absolute atomic E-state index is 0.154. The summed E-state index contributed by atoms with van der Waals surface area (Å²) in [5, 5.41) is 4.57. The highest BCUT2D eigenvalue weighted by atomic mass is 32.2. The van der Waals surface area contributed by atoms with Gasteiger partial charge >= 0.3 is 0 Å². The first-order valence-corrected chi connectivity index (χ1v) is 10.6. The number of aromatic nitrogens is 3. The predicted molar refractivity (Wildman–Crippen MR) is 114 cm³/mol. The number of hydrogen-bond donors (Lipinski definition) is 0. The van der Waals surface area contributed by atoms with Gasteiger partial charge in [0.05, 0.1) is 16.6 Å². The Hall–Kier alpha value is -3.19. The van der Waals surface area contributed by atoms with Gasteiger partial charge in [0.25, 0.3) is 10.0 Å². The molecule has 0 unspecified atom stereocenters. The van der Waals surface area contributed by atoms with Crippen LogP contribution in [0, 0.1) is 20.8 Å². The van der Waals surface area contributed by atoms with Crippen LogP contribution in [-0.4, -0.2) is 22.2 Å². The second kappa shape index (κ2) is 6.70. The van der Waals surface area contributed by atoms with Crippen molar-refractivity contribution in [1.29, 1.82) is 0 Å². The molecule has 0 radical (unpaired) electrons. The van der Waals surface area contributed by atoms with E-state index < -0.39 is 10.0 Å². The standard InChI is InChI=1S/C22H21N3O3S/c1-14-6-5-7-19-21(14)25(12-16(3)22(19)26)29(27,28)20-9-8-17(10-15(20)2)18-11-23-24(4)13-18/h5-13H,1-4H3. The zero-order valence-electron chi connectivity index (χ0n) is 16.7. The van der Waals surface area contributed by atoms with Crippen LogP contribution < -0.4 is 5.43 Å². The average molecular weight is 407 g/mol. The van der Waals surface area contributed by atoms with Crippen LogP contribution in [0.2, 0.25) is 0 Å². The minimum Gasteiger partial charge on any atom is -0.289 e. The van der Waals surface area contributed by atoms with Crippen molar-refractivity contribution in [3.8, 4) is 11.1 Å². The summed E-state index contributed by atoms with van der Waals surface area (Å²) >= 11 is 0. The first kappa shape index (κ1) is 19.1. The molecule has 4 aromatic rings. The molecule has 29 heavy (non-hydrogen) atoms. The van der Waals surface area contributed by atoms with Crippen LogP contribution in [0.5, 0.6) is 0 Å². The molecule has 2 heterocycles. The second-order valence-corrected chi connectivity index (χ2v) is 9.08. The number of benzene rings is 2. The van der Waals surface area contributed by atoms with E-state index in [-0.39, 0.29) is 10.3 Å². The summed E-state index contributed by atoms with van der Waals surface area (Å²) in [6, 6.07) is 10.5. The van der Waals surface area contributed by atoms with Crippen molar-refractivity contribution in [2.24, 2.45) is 7.05 Å². The summed E-state index contributed by atoms with van der Waals surface area (Å²) in [6.07, 6.45) is 5.04. The monoisotopic (exact) mass is 407 g/mol. The summed E-state index contributed by atoms with van der Waals surface area (Å²) in [5.41, 5.74) is 3.82. The Bertz CT molecular complexity index is 1430. The van der Waals surface area contributed by atoms with E-state index in [0.717, 1.165) is 16.7 Å². The molecule has 0 aliphatic carbocycles. The van der Waals surface area contributed by atoms with Crippen molar-refractivity contribution < 1.29 is 8.42 Å². The van der Waals surface area contributed by atoms with E-state index in [1.807, 2.05) is 32.3 Å². The van der Waals surface area contributed by atoms with Gasteiger partial charge < -0.3 is 0 Å². The van der Waals surface area contributed by atoms with E-state index in [1.54, 1.807) is 49.0 Å². The highest BCUT2D eigenvalue weighted by Gasteiger charge is 2.23. The van der Waals surface area contributed by atoms with Crippen molar-refractivity contribution >= 4 is 20.9 Å². The molecular weight excluding hydrogens is 386 g/mol. The Labute approximate surface area is 169 Å². The predicted octanol–water partition coefficient (Wildman–Crippen LogP) is 3.56. The van der Waals surface area contributed by atoms with Crippen LogP contribution in [0.4, 0.5) is 0 Å². The molecule has 0 aliphatic rings. The van der Waals surface area contributed by atoms with Gasteiger partial charge in [0.15, 0.2) is 5.43 Å². The summed E-state index contributed by atoms with van der Waals surface area (Å²) in [6.45, 7) is 5.22. The fraction of sp³-hybridized carbons (Fsp3) is 0.182. The van der Waals surface area contributed by atoms with Gasteiger partial charge in [0, 0.05) is 36.0 Å². The van der Waals surface area contributed by atoms with Crippen LogP contribution >= 0.6 is 0 Å². The molecule has 0 saturated heterocycles. The molecule has 148 valence electrons. The van der Waals surface area contributed by atoms with Gasteiger partial charge in [-0.1, -0.05) is 18.2 Å². The number of nitrogens with zero attached hydrogens (tertiary/aromatic N) is 3. The lowest BCUT2D eigenvalue weighted by molar-refractivity contribution is 0.588. The minimum atomic E-state index is -3.89. The summed E-state index contributed by atoms with van der Waals surface area (Å²) in [7, 11) is -2.06. The smallest absolute Gasteiger partial charge is 0.268 e. The highest BCUT2D eigenvalue weighted by molar-refractivity contribution is 7.90. The number of hydrogen-bond acceptors (Lipinski definition) is 4. The Morgan fingerprint density at radius 2 is 1.66 bits per heavy atom. The van der Waals surface area contributed by atoms with Crippen LogP contribution in [0.3, 0.4) is 0 Å². The van der Waals surface area contributed by atoms with Crippen molar-refractivity contribution in [3.63, 3.8) is 0 Å². The molecule has 0 bridgehead atoms. The zero-order chi connectivity index (χ0) is 20.9. The molecule has 7 heteroatoms. The molecule has 4 rings (SSSR count). The molecule has 2 aromatic heterocycles. The second-order valence-electron chi connectivity index (χ2n) is 7.30. The van der Waals surface area contributed by atoms with Gasteiger partial charge in [0.1, 0.15) is 0 Å². The van der Waals surface area contributed by atoms with Gasteiger partial charge in [-0.25, -0.2) is 12.4 Å². The van der Waals surface area contributed by atoms with Gasteiger partial charge in [-0.05, 0) is 55.7 Å². The first-order valence-electron chi connectivity index (χ1n) is 9.17. The summed E-state index contributed by atoms with van der Waals surface area (Å²) < 4.78 is 30.1. The average Bonchev–Trinajstić information content (AvgIpc) is 3.11. The van der Waals surface area contributed by atoms with Gasteiger partial charge in [-0.15, -0.1) is 0 Å². The number of rotatable bonds is 3. The van der Waals surface area contributed by atoms with Crippen molar-refractivity contribution in [1.82, 2.24) is 13.8 Å². The van der Waals surface area contributed by atoms with E-state index >= 15 is 0 Å². The van der Waals surface area contributed by atoms with Gasteiger partial charge in [0.2, 0.25) is 0 Å². The Morgan fingerprint density at radius 1 is 0.897 bits per heavy atom. The third-order valence-corrected chi connectivity index (χ3v) is 6.94. The lowest BCUT2D eigenvalue weighted by atomic mass is 10.1. The van der Waals surface area contributed by atoms with E-state index in [1.165, 1.54) is 10.2 Å². The topological polar surface area (TPSA) is 74.0 Å². The van der Waals surface area contributed by atoms with E-state index in [4.69, 9.17) is 0 Å². The molecule has 0 fully saturated rings. The van der Waals surface area contributed by atoms with Crippen LogP contribution in [0.15, 0.2) is 64.7 Å². The first-order chi connectivity index (χ1) is 13.7. The molecule has 0 saturated carbocycles. The number of fused-ring (bicyclic) bond motifs is 1. The molecule has 2 aromatic carbocycles. The molecule has 0 N–H and O–H groups in total. The fourth-order valence-electron chi connectivity index (χ4n) is 3.63. The lowest BCUT2D eigenvalue weighted by Crippen LogP contribution is -2.20. The summed E-state index contributed by atoms with van der Waals surface area (Å²) in [4.78, 5) is 12.8. The molecule has 6 nitrogen and oxygen atoms in total. The highest BCUT2D eigenvalue weighted by Crippen LogP contribution is 2.28. The van der Waals surface area contributed by atoms with Crippen LogP contribution in [-0.2, 0) is 17.1 Å². The van der Waals surface area contributed by atoms with Crippen LogP contribution in [0.1, 0.15) is 16.7 Å². The van der Waals surface area contributed by atoms with Crippen molar-refractivity contribution in [2.75, 3.05) is 0 Å². The Kier molecular flexibility index (Phi) is 4.42. The number of para-hydroxylation sites is 1. The number of aryl methyl sites for hydroxylation is 4. The fourth-order valence-corrected chi connectivity index (χ4v) is 5.33. The van der Waals surface area contributed by atoms with E-state index in [2.05, 4.69) is 5.10 Å². The quantitative estimate of drug-likeness (QED) is 0.520. The molecule has 0 amide bonds. The lowest BCUT2D eigenvalue weighted by Gasteiger charge is -2.16. The van der Waals surface area contributed by atoms with Crippen molar-refractivity contribution in [3.05, 3.63) is 81.9 Å². The van der Waals surface area contributed by atoms with Crippen molar-refractivity contribution in [2.45, 2.75) is 25.7 Å². The van der Waals surface area contributed by atoms with Gasteiger partial charge in [-0.3, -0.25) is 9.48 Å². The maximum Gasteiger partial charge on any atom is 0.268 e. The molecular formula is C22H21N3O3S. The molecule has 0 spiro atoms. The Morgan fingerprint density at radius 3 is 2.31 bits per heavy atom. The largest absolute Gasteiger partial charge is 0.289 e. The SMILES string of the molecule is Cc1cc(-c2cnn(C)c2)ccc1S(=O)(=O)n1cc(C)c(=O)c2cccc(C)c21. The van der Waals surface area contributed by atoms with Crippen LogP contribution in [0.25, 0.3) is 22.0 Å². The zero-order valence-corrected chi connectivity index (χ0v) is 17.5. The van der Waals surface area contributed by atoms with E-state index in [0.29, 0.717) is 22.0 Å². The Balaban J connectivity index is 1.95. The molecule has 0 atom stereocenters. The third-order valence-electron chi connectivity index (χ3n) is 5.12. The van der Waals surface area contributed by atoms with Gasteiger partial charge in [-0.2, -0.15) is 5.10 Å². The maximum atomic E-state index is 13.6. The summed E-state index contributed by atoms with van der Waals surface area (Å²) in [5.74, 6) is 0. The maximum absolute atomic E-state index is 13.6. The van der Waals surface area contributed by atoms with E-state index in [9.17, 15) is 13.2 Å². The third kappa shape index (κ3) is 3.07. The molecule has 0 aliphatic heterocycles. The number of pyridine rings is 1.